The van der Waals surface area contributed by atoms with Crippen LogP contribution >= 0.6 is 0 Å². The number of carbonyl (C=O) groups excluding carboxylic acids is 1. The van der Waals surface area contributed by atoms with Gasteiger partial charge in [-0.05, 0) is 19.1 Å². The van der Waals surface area contributed by atoms with Crippen LogP contribution in [0, 0.1) is 0 Å². The molecule has 0 radical (unpaired) electrons. The standard InChI is InChI=1S/C17H16O4/c1-2-19-16(18)11-21-15-10-12-6-5-9-20-17(12)14-8-4-3-7-13(14)15/h3-8,10H,2,9,11H2,1H3. The van der Waals surface area contributed by atoms with Crippen LogP contribution in [0.3, 0.4) is 0 Å². The first kappa shape index (κ1) is 13.5. The minimum atomic E-state index is -0.369. The van der Waals surface area contributed by atoms with Crippen LogP contribution in [0.1, 0.15) is 12.5 Å². The molecule has 108 valence electrons. The second-order valence-electron chi connectivity index (χ2n) is 4.65. The fourth-order valence-corrected chi connectivity index (χ4v) is 2.39. The Bertz CT molecular complexity index is 703. The van der Waals surface area contributed by atoms with Crippen molar-refractivity contribution in [1.29, 1.82) is 0 Å². The van der Waals surface area contributed by atoms with Crippen LogP contribution in [0.5, 0.6) is 11.5 Å². The molecule has 0 bridgehead atoms. The van der Waals surface area contributed by atoms with Crippen LogP contribution in [0.4, 0.5) is 0 Å². The van der Waals surface area contributed by atoms with Crippen molar-refractivity contribution in [2.45, 2.75) is 6.92 Å². The second-order valence-corrected chi connectivity index (χ2v) is 4.65. The maximum atomic E-state index is 11.5. The van der Waals surface area contributed by atoms with Crippen molar-refractivity contribution in [3.8, 4) is 11.5 Å². The first-order valence-electron chi connectivity index (χ1n) is 6.93. The normalized spacial score (nSPS) is 12.6. The summed E-state index contributed by atoms with van der Waals surface area (Å²) in [6.07, 6.45) is 3.95. The molecule has 0 fully saturated rings. The molecule has 0 atom stereocenters. The highest BCUT2D eigenvalue weighted by molar-refractivity contribution is 5.97. The van der Waals surface area contributed by atoms with Crippen molar-refractivity contribution < 1.29 is 19.0 Å². The molecule has 4 nitrogen and oxygen atoms in total. The van der Waals surface area contributed by atoms with Crippen molar-refractivity contribution in [1.82, 2.24) is 0 Å². The summed E-state index contributed by atoms with van der Waals surface area (Å²) in [5.74, 6) is 1.15. The van der Waals surface area contributed by atoms with E-state index in [2.05, 4.69) is 0 Å². The average Bonchev–Trinajstić information content (AvgIpc) is 2.53. The van der Waals surface area contributed by atoms with E-state index in [1.54, 1.807) is 6.92 Å². The van der Waals surface area contributed by atoms with Gasteiger partial charge in [0, 0.05) is 16.3 Å². The Morgan fingerprint density at radius 1 is 1.29 bits per heavy atom. The van der Waals surface area contributed by atoms with Crippen LogP contribution in [0.15, 0.2) is 36.4 Å². The Balaban J connectivity index is 1.99. The predicted octanol–water partition coefficient (Wildman–Crippen LogP) is 3.19. The van der Waals surface area contributed by atoms with Gasteiger partial charge in [0.05, 0.1) is 6.61 Å². The number of rotatable bonds is 4. The van der Waals surface area contributed by atoms with E-state index in [4.69, 9.17) is 14.2 Å². The number of benzene rings is 2. The highest BCUT2D eigenvalue weighted by Gasteiger charge is 2.15. The Kier molecular flexibility index (Phi) is 3.77. The van der Waals surface area contributed by atoms with Crippen molar-refractivity contribution in [2.24, 2.45) is 0 Å². The molecule has 21 heavy (non-hydrogen) atoms. The summed E-state index contributed by atoms with van der Waals surface area (Å²) in [5, 5.41) is 1.91. The smallest absolute Gasteiger partial charge is 0.344 e. The van der Waals surface area contributed by atoms with Gasteiger partial charge in [-0.25, -0.2) is 4.79 Å². The first-order chi connectivity index (χ1) is 10.3. The second kappa shape index (κ2) is 5.87. The molecule has 2 aromatic rings. The third kappa shape index (κ3) is 2.70. The molecule has 0 N–H and O–H groups in total. The zero-order valence-electron chi connectivity index (χ0n) is 11.8. The van der Waals surface area contributed by atoms with E-state index in [-0.39, 0.29) is 12.6 Å². The van der Waals surface area contributed by atoms with Gasteiger partial charge >= 0.3 is 5.97 Å². The van der Waals surface area contributed by atoms with E-state index in [1.807, 2.05) is 42.5 Å². The SMILES string of the molecule is CCOC(=O)COc1cc2c(c3ccccc13)OCC=C2. The molecule has 1 aliphatic heterocycles. The Morgan fingerprint density at radius 2 is 2.10 bits per heavy atom. The van der Waals surface area contributed by atoms with Crippen molar-refractivity contribution >= 4 is 22.8 Å². The molecule has 3 rings (SSSR count). The van der Waals surface area contributed by atoms with Gasteiger partial charge < -0.3 is 14.2 Å². The predicted molar refractivity (Wildman–Crippen MR) is 80.6 cm³/mol. The van der Waals surface area contributed by atoms with Gasteiger partial charge in [-0.3, -0.25) is 0 Å². The van der Waals surface area contributed by atoms with E-state index in [9.17, 15) is 4.79 Å². The number of esters is 1. The molecule has 0 amide bonds. The summed E-state index contributed by atoms with van der Waals surface area (Å²) in [4.78, 5) is 11.5. The molecule has 0 saturated carbocycles. The highest BCUT2D eigenvalue weighted by Crippen LogP contribution is 2.38. The topological polar surface area (TPSA) is 44.8 Å². The number of hydrogen-bond acceptors (Lipinski definition) is 4. The molecule has 0 unspecified atom stereocenters. The summed E-state index contributed by atoms with van der Waals surface area (Å²) >= 11 is 0. The molecule has 0 saturated heterocycles. The molecule has 0 aromatic heterocycles. The zero-order valence-corrected chi connectivity index (χ0v) is 11.8. The molecule has 4 heteroatoms. The van der Waals surface area contributed by atoms with Crippen LogP contribution in [-0.4, -0.2) is 25.8 Å². The number of fused-ring (bicyclic) bond motifs is 3. The van der Waals surface area contributed by atoms with Crippen molar-refractivity contribution in [2.75, 3.05) is 19.8 Å². The van der Waals surface area contributed by atoms with Crippen molar-refractivity contribution in [3.63, 3.8) is 0 Å². The van der Waals surface area contributed by atoms with Gasteiger partial charge in [0.25, 0.3) is 0 Å². The molecular weight excluding hydrogens is 268 g/mol. The zero-order chi connectivity index (χ0) is 14.7. The molecule has 1 heterocycles. The lowest BCUT2D eigenvalue weighted by Crippen LogP contribution is -2.15. The lowest BCUT2D eigenvalue weighted by molar-refractivity contribution is -0.145. The molecule has 2 aromatic carbocycles. The van der Waals surface area contributed by atoms with Gasteiger partial charge in [0.1, 0.15) is 18.1 Å². The van der Waals surface area contributed by atoms with Crippen molar-refractivity contribution in [3.05, 3.63) is 42.0 Å². The summed E-state index contributed by atoms with van der Waals surface area (Å²) in [6, 6.07) is 9.74. The van der Waals surface area contributed by atoms with E-state index in [0.717, 1.165) is 22.1 Å². The highest BCUT2D eigenvalue weighted by atomic mass is 16.6. The number of carbonyl (C=O) groups is 1. The quantitative estimate of drug-likeness (QED) is 0.809. The average molecular weight is 284 g/mol. The Labute approximate surface area is 122 Å². The summed E-state index contributed by atoms with van der Waals surface area (Å²) in [6.45, 7) is 2.60. The molecule has 1 aliphatic rings. The summed E-state index contributed by atoms with van der Waals surface area (Å²) in [5.41, 5.74) is 0.957. The van der Waals surface area contributed by atoms with E-state index in [1.165, 1.54) is 0 Å². The largest absolute Gasteiger partial charge is 0.488 e. The minimum absolute atomic E-state index is 0.0960. The third-order valence-electron chi connectivity index (χ3n) is 3.26. The van der Waals surface area contributed by atoms with Crippen LogP contribution in [-0.2, 0) is 9.53 Å². The van der Waals surface area contributed by atoms with Gasteiger partial charge in [-0.15, -0.1) is 0 Å². The van der Waals surface area contributed by atoms with Crippen LogP contribution < -0.4 is 9.47 Å². The maximum Gasteiger partial charge on any atom is 0.344 e. The Morgan fingerprint density at radius 3 is 2.90 bits per heavy atom. The van der Waals surface area contributed by atoms with Crippen LogP contribution in [0.25, 0.3) is 16.8 Å². The van der Waals surface area contributed by atoms with Crippen LogP contribution in [0.2, 0.25) is 0 Å². The van der Waals surface area contributed by atoms with E-state index < -0.39 is 0 Å². The fourth-order valence-electron chi connectivity index (χ4n) is 2.39. The molecule has 0 aliphatic carbocycles. The van der Waals surface area contributed by atoms with Gasteiger partial charge in [0.15, 0.2) is 6.61 Å². The minimum Gasteiger partial charge on any atom is -0.488 e. The third-order valence-corrected chi connectivity index (χ3v) is 3.26. The lowest BCUT2D eigenvalue weighted by Gasteiger charge is -2.18. The van der Waals surface area contributed by atoms with Gasteiger partial charge in [-0.1, -0.05) is 30.3 Å². The fraction of sp³-hybridized carbons (Fsp3) is 0.235. The maximum absolute atomic E-state index is 11.5. The van der Waals surface area contributed by atoms with E-state index in [0.29, 0.717) is 19.0 Å². The first-order valence-corrected chi connectivity index (χ1v) is 6.93. The van der Waals surface area contributed by atoms with Gasteiger partial charge in [-0.2, -0.15) is 0 Å². The number of ether oxygens (including phenoxy) is 3. The monoisotopic (exact) mass is 284 g/mol. The number of hydrogen-bond donors (Lipinski definition) is 0. The summed E-state index contributed by atoms with van der Waals surface area (Å²) < 4.78 is 16.2. The molecular formula is C17H16O4. The lowest BCUT2D eigenvalue weighted by atomic mass is 10.0. The van der Waals surface area contributed by atoms with E-state index >= 15 is 0 Å². The Hall–Kier alpha value is -2.49. The van der Waals surface area contributed by atoms with Gasteiger partial charge in [0.2, 0.25) is 0 Å². The summed E-state index contributed by atoms with van der Waals surface area (Å²) in [7, 11) is 0. The molecule has 0 spiro atoms.